The molecule has 0 saturated carbocycles. The van der Waals surface area contributed by atoms with E-state index in [-0.39, 0.29) is 5.78 Å². The van der Waals surface area contributed by atoms with Crippen LogP contribution >= 0.6 is 0 Å². The van der Waals surface area contributed by atoms with E-state index >= 15 is 0 Å². The van der Waals surface area contributed by atoms with E-state index in [0.717, 1.165) is 18.4 Å². The molecule has 0 aliphatic carbocycles. The maximum Gasteiger partial charge on any atom is 0.195 e. The zero-order valence-corrected chi connectivity index (χ0v) is 12.7. The Labute approximate surface area is 128 Å². The molecule has 0 bridgehead atoms. The van der Waals surface area contributed by atoms with Gasteiger partial charge in [0.25, 0.3) is 0 Å². The summed E-state index contributed by atoms with van der Waals surface area (Å²) < 4.78 is 1.80. The molecule has 112 valence electrons. The van der Waals surface area contributed by atoms with Crippen LogP contribution in [0.5, 0.6) is 0 Å². The van der Waals surface area contributed by atoms with Crippen LogP contribution in [0.2, 0.25) is 0 Å². The predicted octanol–water partition coefficient (Wildman–Crippen LogP) is 2.73. The summed E-state index contributed by atoms with van der Waals surface area (Å²) >= 11 is 0. The number of aromatic nitrogens is 3. The Morgan fingerprint density at radius 1 is 1.32 bits per heavy atom. The summed E-state index contributed by atoms with van der Waals surface area (Å²) in [5.41, 5.74) is 8.99. The first-order chi connectivity index (χ1) is 10.6. The number of nitrogen functional groups attached to an aromatic ring is 1. The number of benzene rings is 1. The lowest BCUT2D eigenvalue weighted by atomic mass is 10.00. The normalized spacial score (nSPS) is 11.0. The minimum Gasteiger partial charge on any atom is -0.383 e. The topological polar surface area (TPSA) is 73.8 Å². The van der Waals surface area contributed by atoms with Crippen LogP contribution in [0, 0.1) is 0 Å². The van der Waals surface area contributed by atoms with Gasteiger partial charge in [-0.1, -0.05) is 31.5 Å². The van der Waals surface area contributed by atoms with Gasteiger partial charge in [-0.15, -0.1) is 0 Å². The molecule has 0 amide bonds. The molecule has 3 aromatic rings. The summed E-state index contributed by atoms with van der Waals surface area (Å²) in [5.74, 6) is 0.281. The Balaban J connectivity index is 2.11. The third kappa shape index (κ3) is 2.35. The van der Waals surface area contributed by atoms with Gasteiger partial charge in [-0.3, -0.25) is 4.79 Å². The van der Waals surface area contributed by atoms with Crippen molar-refractivity contribution >= 4 is 22.6 Å². The monoisotopic (exact) mass is 294 g/mol. The highest BCUT2D eigenvalue weighted by Crippen LogP contribution is 2.25. The molecule has 0 fully saturated rings. The number of carbonyl (C=O) groups is 1. The van der Waals surface area contributed by atoms with E-state index in [1.165, 1.54) is 6.33 Å². The summed E-state index contributed by atoms with van der Waals surface area (Å²) in [6.07, 6.45) is 5.19. The molecule has 0 aliphatic rings. The number of anilines is 1. The zero-order chi connectivity index (χ0) is 15.7. The second-order valence-corrected chi connectivity index (χ2v) is 5.39. The van der Waals surface area contributed by atoms with E-state index < -0.39 is 0 Å². The predicted molar refractivity (Wildman–Crippen MR) is 86.8 cm³/mol. The Bertz CT molecular complexity index is 851. The van der Waals surface area contributed by atoms with E-state index in [9.17, 15) is 4.79 Å². The first-order valence-electron chi connectivity index (χ1n) is 7.31. The Kier molecular flexibility index (Phi) is 3.63. The lowest BCUT2D eigenvalue weighted by molar-refractivity contribution is 0.104. The zero-order valence-electron chi connectivity index (χ0n) is 12.7. The average Bonchev–Trinajstić information content (AvgIpc) is 2.86. The van der Waals surface area contributed by atoms with Gasteiger partial charge < -0.3 is 10.3 Å². The average molecular weight is 294 g/mol. The summed E-state index contributed by atoms with van der Waals surface area (Å²) in [7, 11) is 1.85. The van der Waals surface area contributed by atoms with Crippen molar-refractivity contribution in [3.8, 4) is 0 Å². The van der Waals surface area contributed by atoms with E-state index in [2.05, 4.69) is 16.9 Å². The molecule has 0 unspecified atom stereocenters. The van der Waals surface area contributed by atoms with Crippen LogP contribution in [0.3, 0.4) is 0 Å². The molecule has 5 nitrogen and oxygen atoms in total. The van der Waals surface area contributed by atoms with Crippen LogP contribution in [-0.2, 0) is 13.5 Å². The quantitative estimate of drug-likeness (QED) is 0.751. The van der Waals surface area contributed by atoms with E-state index in [0.29, 0.717) is 28.0 Å². The highest BCUT2D eigenvalue weighted by atomic mass is 16.1. The van der Waals surface area contributed by atoms with E-state index in [4.69, 9.17) is 5.73 Å². The minimum absolute atomic E-state index is 0.0509. The number of nitrogens with two attached hydrogens (primary N) is 1. The summed E-state index contributed by atoms with van der Waals surface area (Å²) in [6.45, 7) is 2.12. The molecule has 2 heterocycles. The second-order valence-electron chi connectivity index (χ2n) is 5.39. The molecule has 0 atom stereocenters. The van der Waals surface area contributed by atoms with Gasteiger partial charge in [-0.05, 0) is 18.1 Å². The largest absolute Gasteiger partial charge is 0.383 e. The molecule has 0 radical (unpaired) electrons. The fourth-order valence-corrected chi connectivity index (χ4v) is 2.72. The molecule has 0 aliphatic heterocycles. The van der Waals surface area contributed by atoms with Gasteiger partial charge in [0.1, 0.15) is 17.8 Å². The maximum absolute atomic E-state index is 12.9. The number of aryl methyl sites for hydroxylation is 2. The number of ketones is 1. The molecule has 1 aromatic carbocycles. The molecule has 3 rings (SSSR count). The van der Waals surface area contributed by atoms with Gasteiger partial charge in [0.2, 0.25) is 0 Å². The highest BCUT2D eigenvalue weighted by molar-refractivity contribution is 6.18. The summed E-state index contributed by atoms with van der Waals surface area (Å²) in [4.78, 5) is 21.1. The van der Waals surface area contributed by atoms with Crippen LogP contribution < -0.4 is 5.73 Å². The number of rotatable bonds is 4. The number of hydrogen-bond acceptors (Lipinski definition) is 4. The van der Waals surface area contributed by atoms with Gasteiger partial charge in [-0.2, -0.15) is 0 Å². The first-order valence-corrected chi connectivity index (χ1v) is 7.31. The third-order valence-corrected chi connectivity index (χ3v) is 3.76. The summed E-state index contributed by atoms with van der Waals surface area (Å²) in [5, 5.41) is 0.621. The van der Waals surface area contributed by atoms with Crippen LogP contribution in [0.25, 0.3) is 11.0 Å². The Hall–Kier alpha value is -2.69. The molecule has 0 saturated heterocycles. The molecule has 5 heteroatoms. The van der Waals surface area contributed by atoms with Gasteiger partial charge in [0, 0.05) is 18.8 Å². The molecular weight excluding hydrogens is 276 g/mol. The minimum atomic E-state index is -0.0509. The molecule has 2 N–H and O–H groups in total. The maximum atomic E-state index is 12.9. The van der Waals surface area contributed by atoms with Gasteiger partial charge in [0.05, 0.1) is 10.9 Å². The van der Waals surface area contributed by atoms with E-state index in [1.807, 2.05) is 31.3 Å². The number of carbonyl (C=O) groups excluding carboxylic acids is 1. The van der Waals surface area contributed by atoms with Gasteiger partial charge >= 0.3 is 0 Å². The van der Waals surface area contributed by atoms with Crippen molar-refractivity contribution in [2.45, 2.75) is 19.8 Å². The fraction of sp³-hybridized carbons (Fsp3) is 0.235. The van der Waals surface area contributed by atoms with Crippen LogP contribution in [-0.4, -0.2) is 20.3 Å². The lowest BCUT2D eigenvalue weighted by Gasteiger charge is -2.04. The van der Waals surface area contributed by atoms with Crippen LogP contribution in [0.15, 0.2) is 36.8 Å². The molecule has 2 aromatic heterocycles. The van der Waals surface area contributed by atoms with Crippen molar-refractivity contribution in [1.29, 1.82) is 0 Å². The lowest BCUT2D eigenvalue weighted by Crippen LogP contribution is -2.03. The van der Waals surface area contributed by atoms with Crippen molar-refractivity contribution in [3.63, 3.8) is 0 Å². The Morgan fingerprint density at radius 2 is 2.14 bits per heavy atom. The highest BCUT2D eigenvalue weighted by Gasteiger charge is 2.19. The summed E-state index contributed by atoms with van der Waals surface area (Å²) in [6, 6.07) is 7.75. The Morgan fingerprint density at radius 3 is 2.91 bits per heavy atom. The van der Waals surface area contributed by atoms with Gasteiger partial charge in [-0.25, -0.2) is 9.97 Å². The van der Waals surface area contributed by atoms with E-state index in [1.54, 1.807) is 10.8 Å². The number of fused-ring (bicyclic) bond motifs is 1. The third-order valence-electron chi connectivity index (χ3n) is 3.76. The van der Waals surface area contributed by atoms with Crippen molar-refractivity contribution in [1.82, 2.24) is 14.5 Å². The standard InChI is InChI=1S/C17H18N4O/c1-3-5-11-6-4-7-12(8-11)15(22)13-9-21(2)17-14(13)16(18)19-10-20-17/h4,6-10H,3,5H2,1-2H3,(H2,18,19,20). The van der Waals surface area contributed by atoms with Crippen molar-refractivity contribution in [2.24, 2.45) is 7.05 Å². The second kappa shape index (κ2) is 5.60. The van der Waals surface area contributed by atoms with Crippen molar-refractivity contribution < 1.29 is 4.79 Å². The van der Waals surface area contributed by atoms with Gasteiger partial charge in [0.15, 0.2) is 5.78 Å². The fourth-order valence-electron chi connectivity index (χ4n) is 2.72. The molecule has 22 heavy (non-hydrogen) atoms. The molecular formula is C17H18N4O. The number of nitrogens with zero attached hydrogens (tertiary/aromatic N) is 3. The van der Waals surface area contributed by atoms with Crippen LogP contribution in [0.1, 0.15) is 34.8 Å². The SMILES string of the molecule is CCCc1cccc(C(=O)c2cn(C)c3ncnc(N)c23)c1. The smallest absolute Gasteiger partial charge is 0.195 e. The van der Waals surface area contributed by atoms with Crippen molar-refractivity contribution in [2.75, 3.05) is 5.73 Å². The first kappa shape index (κ1) is 14.3. The van der Waals surface area contributed by atoms with Crippen molar-refractivity contribution in [3.05, 3.63) is 53.5 Å². The van der Waals surface area contributed by atoms with Crippen LogP contribution in [0.4, 0.5) is 5.82 Å². The molecule has 0 spiro atoms. The number of hydrogen-bond donors (Lipinski definition) is 1.